The second-order valence-corrected chi connectivity index (χ2v) is 14.1. The highest BCUT2D eigenvalue weighted by Gasteiger charge is 2.41. The van der Waals surface area contributed by atoms with Crippen molar-refractivity contribution < 1.29 is 8.98 Å². The fraction of sp³-hybridized carbons (Fsp3) is 0.378. The number of hydrogen-bond acceptors (Lipinski definition) is 1. The van der Waals surface area contributed by atoms with E-state index in [0.29, 0.717) is 0 Å². The van der Waals surface area contributed by atoms with Crippen molar-refractivity contribution in [3.05, 3.63) is 89.1 Å². The molecule has 0 radical (unpaired) electrons. The predicted octanol–water partition coefficient (Wildman–Crippen LogP) is 9.70. The Hall–Kier alpha value is -3.39. The number of furan rings is 1. The Balaban J connectivity index is 1.68. The third kappa shape index (κ3) is 4.03. The average molecular weight is 517 g/mol. The average Bonchev–Trinajstić information content (AvgIpc) is 3.25. The van der Waals surface area contributed by atoms with Crippen LogP contribution in [0.5, 0.6) is 0 Å². The van der Waals surface area contributed by atoms with E-state index in [4.69, 9.17) is 4.42 Å². The first-order chi connectivity index (χ1) is 18.3. The molecular formula is C37H42NO+. The summed E-state index contributed by atoms with van der Waals surface area (Å²) in [6.45, 7) is 19.0. The van der Waals surface area contributed by atoms with Crippen LogP contribution in [0.25, 0.3) is 44.3 Å². The lowest BCUT2D eigenvalue weighted by molar-refractivity contribution is -0.660. The largest absolute Gasteiger partial charge is 0.454 e. The molecule has 1 aliphatic carbocycles. The van der Waals surface area contributed by atoms with Gasteiger partial charge in [-0.05, 0) is 69.9 Å². The summed E-state index contributed by atoms with van der Waals surface area (Å²) in [5.74, 6) is 0. The van der Waals surface area contributed by atoms with Crippen molar-refractivity contribution in [1.82, 2.24) is 0 Å². The molecule has 0 saturated carbocycles. The zero-order valence-electron chi connectivity index (χ0n) is 25.1. The molecule has 0 atom stereocenters. The first-order valence-electron chi connectivity index (χ1n) is 14.4. The SMILES string of the molecule is Cc1ccc2c(oc3c(-c4cc(C(C)(C)C)c5c(c4)C(C)(C)CCC5(C)C)cccc32)c1-c1cccc[n+]1C. The van der Waals surface area contributed by atoms with Crippen molar-refractivity contribution >= 4 is 21.9 Å². The lowest BCUT2D eigenvalue weighted by Crippen LogP contribution is -2.36. The molecule has 0 aliphatic heterocycles. The Bertz CT molecular complexity index is 1740. The summed E-state index contributed by atoms with van der Waals surface area (Å²) in [7, 11) is 2.10. The van der Waals surface area contributed by atoms with Gasteiger partial charge >= 0.3 is 0 Å². The van der Waals surface area contributed by atoms with Gasteiger partial charge in [0.15, 0.2) is 6.20 Å². The highest BCUT2D eigenvalue weighted by Crippen LogP contribution is 2.51. The van der Waals surface area contributed by atoms with Crippen LogP contribution in [0.2, 0.25) is 0 Å². The Morgan fingerprint density at radius 3 is 2.23 bits per heavy atom. The summed E-state index contributed by atoms with van der Waals surface area (Å²) in [6.07, 6.45) is 4.52. The van der Waals surface area contributed by atoms with Crippen molar-refractivity contribution in [3.63, 3.8) is 0 Å². The molecule has 2 heteroatoms. The van der Waals surface area contributed by atoms with Crippen LogP contribution < -0.4 is 4.57 Å². The van der Waals surface area contributed by atoms with Gasteiger partial charge in [-0.2, -0.15) is 0 Å². The van der Waals surface area contributed by atoms with E-state index in [0.717, 1.165) is 16.9 Å². The molecule has 39 heavy (non-hydrogen) atoms. The minimum Gasteiger partial charge on any atom is -0.454 e. The van der Waals surface area contributed by atoms with Gasteiger partial charge in [-0.15, -0.1) is 0 Å². The molecule has 0 bridgehead atoms. The van der Waals surface area contributed by atoms with E-state index in [9.17, 15) is 0 Å². The van der Waals surface area contributed by atoms with Crippen LogP contribution in [0.4, 0.5) is 0 Å². The number of rotatable bonds is 2. The van der Waals surface area contributed by atoms with E-state index in [1.165, 1.54) is 57.0 Å². The Kier molecular flexibility index (Phi) is 5.67. The third-order valence-electron chi connectivity index (χ3n) is 9.22. The number of hydrogen-bond donors (Lipinski definition) is 0. The lowest BCUT2D eigenvalue weighted by atomic mass is 9.59. The third-order valence-corrected chi connectivity index (χ3v) is 9.22. The maximum absolute atomic E-state index is 6.91. The van der Waals surface area contributed by atoms with Crippen LogP contribution in [-0.2, 0) is 23.3 Å². The van der Waals surface area contributed by atoms with E-state index in [-0.39, 0.29) is 16.2 Å². The molecule has 0 spiro atoms. The van der Waals surface area contributed by atoms with E-state index in [2.05, 4.69) is 134 Å². The van der Waals surface area contributed by atoms with Gasteiger partial charge in [0.2, 0.25) is 5.69 Å². The number of pyridine rings is 1. The first-order valence-corrected chi connectivity index (χ1v) is 14.4. The topological polar surface area (TPSA) is 17.0 Å². The second-order valence-electron chi connectivity index (χ2n) is 14.1. The van der Waals surface area contributed by atoms with Crippen LogP contribution in [0.3, 0.4) is 0 Å². The van der Waals surface area contributed by atoms with E-state index in [1.54, 1.807) is 5.56 Å². The summed E-state index contributed by atoms with van der Waals surface area (Å²) < 4.78 is 9.09. The molecule has 2 nitrogen and oxygen atoms in total. The molecular weight excluding hydrogens is 474 g/mol. The number of para-hydroxylation sites is 1. The van der Waals surface area contributed by atoms with Crippen LogP contribution in [-0.4, -0.2) is 0 Å². The molecule has 0 amide bonds. The number of nitrogens with zero attached hydrogens (tertiary/aromatic N) is 1. The lowest BCUT2D eigenvalue weighted by Gasteiger charge is -2.45. The maximum Gasteiger partial charge on any atom is 0.216 e. The van der Waals surface area contributed by atoms with E-state index in [1.807, 2.05) is 0 Å². The van der Waals surface area contributed by atoms with Crippen LogP contribution in [0, 0.1) is 6.92 Å². The molecule has 0 saturated heterocycles. The maximum atomic E-state index is 6.91. The van der Waals surface area contributed by atoms with Gasteiger partial charge in [-0.3, -0.25) is 0 Å². The molecule has 3 aromatic carbocycles. The number of fused-ring (bicyclic) bond motifs is 4. The molecule has 0 fully saturated rings. The summed E-state index contributed by atoms with van der Waals surface area (Å²) in [5.41, 5.74) is 12.8. The highest BCUT2D eigenvalue weighted by molar-refractivity contribution is 6.13. The normalized spacial score (nSPS) is 16.5. The van der Waals surface area contributed by atoms with Gasteiger partial charge in [0.1, 0.15) is 18.2 Å². The fourth-order valence-corrected chi connectivity index (χ4v) is 6.83. The van der Waals surface area contributed by atoms with Crippen molar-refractivity contribution in [1.29, 1.82) is 0 Å². The van der Waals surface area contributed by atoms with Gasteiger partial charge < -0.3 is 4.42 Å². The smallest absolute Gasteiger partial charge is 0.216 e. The summed E-state index contributed by atoms with van der Waals surface area (Å²) in [4.78, 5) is 0. The molecule has 2 heterocycles. The molecule has 0 unspecified atom stereocenters. The molecule has 0 N–H and O–H groups in total. The van der Waals surface area contributed by atoms with Gasteiger partial charge in [-0.25, -0.2) is 4.57 Å². The molecule has 1 aliphatic rings. The van der Waals surface area contributed by atoms with Crippen LogP contribution in [0.15, 0.2) is 71.3 Å². The zero-order chi connectivity index (χ0) is 27.9. The molecule has 6 rings (SSSR count). The van der Waals surface area contributed by atoms with Crippen molar-refractivity contribution in [2.75, 3.05) is 0 Å². The van der Waals surface area contributed by atoms with Crippen LogP contribution >= 0.6 is 0 Å². The highest BCUT2D eigenvalue weighted by atomic mass is 16.3. The Morgan fingerprint density at radius 1 is 0.795 bits per heavy atom. The van der Waals surface area contributed by atoms with Crippen molar-refractivity contribution in [2.45, 2.75) is 84.5 Å². The first kappa shape index (κ1) is 25.9. The van der Waals surface area contributed by atoms with Gasteiger partial charge in [0.05, 0.1) is 5.56 Å². The van der Waals surface area contributed by atoms with Gasteiger partial charge in [-0.1, -0.05) is 90.9 Å². The minimum atomic E-state index is 0.0406. The summed E-state index contributed by atoms with van der Waals surface area (Å²) in [5, 5.41) is 2.35. The fourth-order valence-electron chi connectivity index (χ4n) is 6.83. The van der Waals surface area contributed by atoms with Gasteiger partial charge in [0, 0.05) is 28.5 Å². The quantitative estimate of drug-likeness (QED) is 0.213. The van der Waals surface area contributed by atoms with Crippen molar-refractivity contribution in [2.24, 2.45) is 7.05 Å². The van der Waals surface area contributed by atoms with E-state index < -0.39 is 0 Å². The summed E-state index contributed by atoms with van der Waals surface area (Å²) in [6, 6.07) is 22.4. The van der Waals surface area contributed by atoms with Crippen molar-refractivity contribution in [3.8, 4) is 22.4 Å². The van der Waals surface area contributed by atoms with Gasteiger partial charge in [0.25, 0.3) is 0 Å². The Labute approximate surface area is 233 Å². The van der Waals surface area contributed by atoms with E-state index >= 15 is 0 Å². The monoisotopic (exact) mass is 516 g/mol. The zero-order valence-corrected chi connectivity index (χ0v) is 25.1. The minimum absolute atomic E-state index is 0.0406. The summed E-state index contributed by atoms with van der Waals surface area (Å²) >= 11 is 0. The van der Waals surface area contributed by atoms with Crippen LogP contribution in [0.1, 0.15) is 83.6 Å². The predicted molar refractivity (Wildman–Crippen MR) is 164 cm³/mol. The second kappa shape index (κ2) is 8.55. The Morgan fingerprint density at radius 2 is 1.51 bits per heavy atom. The number of aromatic nitrogens is 1. The molecule has 200 valence electrons. The number of aryl methyl sites for hydroxylation is 2. The standard InChI is InChI=1S/C37H42NO/c1-23-16-17-27-26-14-12-13-25(33(26)39-34(27)31(23)30-15-10-11-20-38(30)9)24-21-28(35(2,3)4)32-29(22-24)36(5,6)18-19-37(32,7)8/h10-17,20-22H,18-19H2,1-9H3/q+1. The number of benzene rings is 3. The molecule has 2 aromatic heterocycles. The molecule has 5 aromatic rings.